The molecule has 2 N–H and O–H groups in total. The molecule has 0 radical (unpaired) electrons. The molecule has 0 aromatic carbocycles. The van der Waals surface area contributed by atoms with Crippen molar-refractivity contribution in [2.45, 2.75) is 19.4 Å². The van der Waals surface area contributed by atoms with Crippen molar-refractivity contribution >= 4 is 29.9 Å². The molecule has 0 amide bonds. The van der Waals surface area contributed by atoms with Gasteiger partial charge in [0.25, 0.3) is 0 Å². The van der Waals surface area contributed by atoms with Gasteiger partial charge in [0.15, 0.2) is 5.96 Å². The van der Waals surface area contributed by atoms with Crippen LogP contribution in [0.3, 0.4) is 0 Å². The van der Waals surface area contributed by atoms with Crippen LogP contribution in [0.5, 0.6) is 0 Å². The van der Waals surface area contributed by atoms with Crippen LogP contribution >= 0.6 is 24.0 Å². The first-order chi connectivity index (χ1) is 8.77. The van der Waals surface area contributed by atoms with E-state index in [2.05, 4.69) is 15.2 Å². The fourth-order valence-electron chi connectivity index (χ4n) is 1.82. The zero-order valence-electron chi connectivity index (χ0n) is 11.8. The summed E-state index contributed by atoms with van der Waals surface area (Å²) in [4.78, 5) is 6.57. The summed E-state index contributed by atoms with van der Waals surface area (Å²) in [5.74, 6) is 0.865. The highest BCUT2D eigenvalue weighted by Gasteiger charge is 2.22. The van der Waals surface area contributed by atoms with E-state index >= 15 is 0 Å². The highest BCUT2D eigenvalue weighted by molar-refractivity contribution is 14.0. The van der Waals surface area contributed by atoms with Crippen molar-refractivity contribution in [1.29, 1.82) is 0 Å². The average molecular weight is 387 g/mol. The summed E-state index contributed by atoms with van der Waals surface area (Å²) < 4.78 is 10.3. The summed E-state index contributed by atoms with van der Waals surface area (Å²) in [6, 6.07) is 0. The zero-order valence-corrected chi connectivity index (χ0v) is 14.1. The van der Waals surface area contributed by atoms with Gasteiger partial charge in [0.2, 0.25) is 0 Å². The number of nitrogens with one attached hydrogen (secondary N) is 1. The first kappa shape index (κ1) is 18.9. The Morgan fingerprint density at radius 1 is 1.42 bits per heavy atom. The van der Waals surface area contributed by atoms with Crippen molar-refractivity contribution in [2.75, 3.05) is 53.1 Å². The molecule has 19 heavy (non-hydrogen) atoms. The molecular weight excluding hydrogens is 361 g/mol. The van der Waals surface area contributed by atoms with E-state index in [1.807, 2.05) is 6.92 Å². The summed E-state index contributed by atoms with van der Waals surface area (Å²) in [6.07, 6.45) is 0.584. The lowest BCUT2D eigenvalue weighted by Crippen LogP contribution is -2.40. The fraction of sp³-hybridized carbons (Fsp3) is 0.917. The van der Waals surface area contributed by atoms with Gasteiger partial charge in [-0.05, 0) is 13.3 Å². The maximum absolute atomic E-state index is 9.52. The Hall–Kier alpha value is -0.120. The Morgan fingerprint density at radius 2 is 2.21 bits per heavy atom. The number of rotatable bonds is 7. The summed E-state index contributed by atoms with van der Waals surface area (Å²) in [5, 5.41) is 12.8. The van der Waals surface area contributed by atoms with Gasteiger partial charge in [-0.2, -0.15) is 0 Å². The molecule has 1 rings (SSSR count). The molecule has 0 aromatic rings. The zero-order chi connectivity index (χ0) is 13.2. The van der Waals surface area contributed by atoms with E-state index in [0.717, 1.165) is 25.5 Å². The molecule has 0 unspecified atom stereocenters. The molecular formula is C12H26IN3O3. The topological polar surface area (TPSA) is 66.3 Å². The molecule has 1 atom stereocenters. The van der Waals surface area contributed by atoms with E-state index in [-0.39, 0.29) is 30.1 Å². The molecule has 1 heterocycles. The van der Waals surface area contributed by atoms with Gasteiger partial charge < -0.3 is 24.8 Å². The molecule has 0 bridgehead atoms. The monoisotopic (exact) mass is 387 g/mol. The number of β-amino-alcohol motifs (C(OH)–C–C–N with tert-alkyl or cyclic N) is 1. The van der Waals surface area contributed by atoms with E-state index in [1.165, 1.54) is 0 Å². The van der Waals surface area contributed by atoms with Gasteiger partial charge in [-0.3, -0.25) is 4.99 Å². The lowest BCUT2D eigenvalue weighted by molar-refractivity contribution is 0.0747. The number of methoxy groups -OCH3 is 1. The predicted molar refractivity (Wildman–Crippen MR) is 86.3 cm³/mol. The third kappa shape index (κ3) is 7.91. The number of aliphatic imine (C=N–C) groups is 1. The largest absolute Gasteiger partial charge is 0.391 e. The first-order valence-corrected chi connectivity index (χ1v) is 6.56. The minimum absolute atomic E-state index is 0. The number of nitrogens with zero attached hydrogens (tertiary/aromatic N) is 2. The molecule has 0 aliphatic carbocycles. The van der Waals surface area contributed by atoms with Gasteiger partial charge in [-0.25, -0.2) is 0 Å². The van der Waals surface area contributed by atoms with Crippen molar-refractivity contribution < 1.29 is 14.6 Å². The van der Waals surface area contributed by atoms with Crippen LogP contribution in [0.2, 0.25) is 0 Å². The van der Waals surface area contributed by atoms with Crippen LogP contribution in [0, 0.1) is 0 Å². The van der Waals surface area contributed by atoms with Crippen molar-refractivity contribution in [1.82, 2.24) is 10.2 Å². The lowest BCUT2D eigenvalue weighted by atomic mass is 10.3. The number of ether oxygens (including phenoxy) is 2. The van der Waals surface area contributed by atoms with Gasteiger partial charge >= 0.3 is 0 Å². The highest BCUT2D eigenvalue weighted by atomic mass is 127. The maximum Gasteiger partial charge on any atom is 0.194 e. The van der Waals surface area contributed by atoms with E-state index in [9.17, 15) is 5.11 Å². The average Bonchev–Trinajstić information content (AvgIpc) is 2.79. The van der Waals surface area contributed by atoms with Gasteiger partial charge in [-0.1, -0.05) is 0 Å². The molecule has 7 heteroatoms. The first-order valence-electron chi connectivity index (χ1n) is 6.56. The minimum Gasteiger partial charge on any atom is -0.391 e. The summed E-state index contributed by atoms with van der Waals surface area (Å²) in [7, 11) is 1.66. The van der Waals surface area contributed by atoms with E-state index in [0.29, 0.717) is 32.9 Å². The van der Waals surface area contributed by atoms with E-state index < -0.39 is 0 Å². The second kappa shape index (κ2) is 11.7. The van der Waals surface area contributed by atoms with Crippen molar-refractivity contribution in [3.63, 3.8) is 0 Å². The fourth-order valence-corrected chi connectivity index (χ4v) is 1.82. The van der Waals surface area contributed by atoms with Crippen LogP contribution < -0.4 is 5.32 Å². The van der Waals surface area contributed by atoms with E-state index in [4.69, 9.17) is 9.47 Å². The molecule has 6 nitrogen and oxygen atoms in total. The van der Waals surface area contributed by atoms with Crippen LogP contribution in [0.25, 0.3) is 0 Å². The van der Waals surface area contributed by atoms with Crippen LogP contribution in [-0.2, 0) is 9.47 Å². The van der Waals surface area contributed by atoms with Gasteiger partial charge in [0, 0.05) is 26.7 Å². The van der Waals surface area contributed by atoms with Crippen molar-refractivity contribution in [2.24, 2.45) is 4.99 Å². The summed E-state index contributed by atoms with van der Waals surface area (Å²) in [6.45, 7) is 6.82. The number of guanidine groups is 1. The van der Waals surface area contributed by atoms with Crippen molar-refractivity contribution in [3.05, 3.63) is 0 Å². The molecule has 0 spiro atoms. The third-order valence-electron chi connectivity index (χ3n) is 2.73. The predicted octanol–water partition coefficient (Wildman–Crippen LogP) is 0.300. The third-order valence-corrected chi connectivity index (χ3v) is 2.73. The van der Waals surface area contributed by atoms with Gasteiger partial charge in [-0.15, -0.1) is 24.0 Å². The number of hydrogen-bond acceptors (Lipinski definition) is 4. The highest BCUT2D eigenvalue weighted by Crippen LogP contribution is 2.08. The molecule has 1 saturated heterocycles. The molecule has 0 saturated carbocycles. The van der Waals surface area contributed by atoms with Crippen LogP contribution in [0.4, 0.5) is 0 Å². The van der Waals surface area contributed by atoms with Crippen LogP contribution in [-0.4, -0.2) is 75.2 Å². The maximum atomic E-state index is 9.52. The molecule has 1 aliphatic rings. The molecule has 1 aliphatic heterocycles. The van der Waals surface area contributed by atoms with E-state index in [1.54, 1.807) is 7.11 Å². The second-order valence-electron chi connectivity index (χ2n) is 4.23. The van der Waals surface area contributed by atoms with Crippen molar-refractivity contribution in [3.8, 4) is 0 Å². The number of aliphatic hydroxyl groups excluding tert-OH is 1. The quantitative estimate of drug-likeness (QED) is 0.285. The number of aliphatic hydroxyl groups is 1. The molecule has 1 fully saturated rings. The molecule has 0 aromatic heterocycles. The van der Waals surface area contributed by atoms with Crippen LogP contribution in [0.15, 0.2) is 4.99 Å². The Morgan fingerprint density at radius 3 is 2.79 bits per heavy atom. The Kier molecular flexibility index (Phi) is 11.6. The number of halogens is 1. The summed E-state index contributed by atoms with van der Waals surface area (Å²) >= 11 is 0. The Balaban J connectivity index is 0.00000324. The Labute approximate surface area is 132 Å². The summed E-state index contributed by atoms with van der Waals surface area (Å²) in [5.41, 5.74) is 0. The van der Waals surface area contributed by atoms with Gasteiger partial charge in [0.1, 0.15) is 0 Å². The minimum atomic E-state index is -0.230. The normalized spacial score (nSPS) is 19.4. The second-order valence-corrected chi connectivity index (χ2v) is 4.23. The Bertz CT molecular complexity index is 254. The number of hydrogen-bond donors (Lipinski definition) is 2. The van der Waals surface area contributed by atoms with Gasteiger partial charge in [0.05, 0.1) is 32.5 Å². The van der Waals surface area contributed by atoms with Crippen LogP contribution in [0.1, 0.15) is 13.3 Å². The smallest absolute Gasteiger partial charge is 0.194 e. The molecule has 114 valence electrons. The number of likely N-dealkylation sites (tertiary alicyclic amines) is 1. The SMILES string of the molecule is CCNC(=NCCOCCOC)N1CC[C@@H](O)C1.I. The standard InChI is InChI=1S/C12H25N3O3.HI/c1-3-13-12(15-6-4-11(16)10-15)14-5-7-18-9-8-17-2;/h11,16H,3-10H2,1-2H3,(H,13,14);1H/t11-;/m1./s1. The lowest BCUT2D eigenvalue weighted by Gasteiger charge is -2.20.